The Morgan fingerprint density at radius 1 is 1.67 bits per heavy atom. The normalized spacial score (nSPS) is 19.1. The minimum Gasteiger partial charge on any atom is -0.480 e. The monoisotopic (exact) mass is 209 g/mol. The molecule has 1 aromatic carbocycles. The number of carboxylic acid groups (broad SMARTS) is 1. The van der Waals surface area contributed by atoms with Crippen molar-refractivity contribution in [2.45, 2.75) is 19.4 Å². The van der Waals surface area contributed by atoms with Crippen LogP contribution in [0, 0.1) is 5.82 Å². The largest absolute Gasteiger partial charge is 0.480 e. The topological polar surface area (TPSA) is 40.5 Å². The predicted molar refractivity (Wildman–Crippen MR) is 54.5 cm³/mol. The first-order chi connectivity index (χ1) is 7.13. The lowest BCUT2D eigenvalue weighted by Gasteiger charge is -2.22. The highest BCUT2D eigenvalue weighted by atomic mass is 19.1. The first kappa shape index (κ1) is 9.96. The summed E-state index contributed by atoms with van der Waals surface area (Å²) in [6, 6.07) is 3.89. The van der Waals surface area contributed by atoms with E-state index in [2.05, 4.69) is 0 Å². The van der Waals surface area contributed by atoms with Crippen LogP contribution in [-0.2, 0) is 11.2 Å². The molecule has 0 radical (unpaired) electrons. The first-order valence-electron chi connectivity index (χ1n) is 4.91. The summed E-state index contributed by atoms with van der Waals surface area (Å²) in [5, 5.41) is 9.02. The van der Waals surface area contributed by atoms with Gasteiger partial charge in [0.2, 0.25) is 0 Å². The molecule has 0 aliphatic carbocycles. The summed E-state index contributed by atoms with van der Waals surface area (Å²) >= 11 is 0. The molecular formula is C11H12FNO2. The van der Waals surface area contributed by atoms with Gasteiger partial charge in [-0.25, -0.2) is 9.18 Å². The zero-order valence-corrected chi connectivity index (χ0v) is 8.40. The molecule has 0 spiro atoms. The molecule has 0 saturated carbocycles. The van der Waals surface area contributed by atoms with Gasteiger partial charge in [-0.1, -0.05) is 0 Å². The Morgan fingerprint density at radius 3 is 3.00 bits per heavy atom. The van der Waals surface area contributed by atoms with E-state index in [0.29, 0.717) is 13.0 Å². The van der Waals surface area contributed by atoms with Crippen LogP contribution in [0.2, 0.25) is 0 Å². The van der Waals surface area contributed by atoms with Crippen LogP contribution in [0.3, 0.4) is 0 Å². The third-order valence-electron chi connectivity index (χ3n) is 2.77. The number of anilines is 1. The second-order valence-electron chi connectivity index (χ2n) is 3.62. The zero-order valence-electron chi connectivity index (χ0n) is 8.40. The Morgan fingerprint density at radius 2 is 2.40 bits per heavy atom. The van der Waals surface area contributed by atoms with E-state index in [1.807, 2.05) is 6.92 Å². The number of nitrogens with zero attached hydrogens (tertiary/aromatic N) is 1. The predicted octanol–water partition coefficient (Wildman–Crippen LogP) is 1.66. The lowest BCUT2D eigenvalue weighted by Crippen LogP contribution is -2.38. The molecule has 15 heavy (non-hydrogen) atoms. The second-order valence-corrected chi connectivity index (χ2v) is 3.62. The number of hydrogen-bond acceptors (Lipinski definition) is 2. The van der Waals surface area contributed by atoms with Crippen molar-refractivity contribution >= 4 is 11.7 Å². The fourth-order valence-corrected chi connectivity index (χ4v) is 2.10. The number of carboxylic acids is 1. The number of carbonyl (C=O) groups is 1. The molecule has 0 aromatic heterocycles. The van der Waals surface area contributed by atoms with Crippen LogP contribution in [0.4, 0.5) is 10.1 Å². The molecule has 1 N–H and O–H groups in total. The van der Waals surface area contributed by atoms with Crippen molar-refractivity contribution in [2.75, 3.05) is 11.4 Å². The van der Waals surface area contributed by atoms with Crippen LogP contribution in [0.15, 0.2) is 18.2 Å². The minimum atomic E-state index is -0.853. The molecule has 1 heterocycles. The summed E-state index contributed by atoms with van der Waals surface area (Å²) < 4.78 is 13.0. The Hall–Kier alpha value is -1.58. The minimum absolute atomic E-state index is 0.309. The van der Waals surface area contributed by atoms with Crippen molar-refractivity contribution in [2.24, 2.45) is 0 Å². The van der Waals surface area contributed by atoms with Crippen LogP contribution in [-0.4, -0.2) is 23.7 Å². The number of hydrogen-bond donors (Lipinski definition) is 1. The van der Waals surface area contributed by atoms with Gasteiger partial charge in [-0.05, 0) is 30.7 Å². The van der Waals surface area contributed by atoms with Crippen molar-refractivity contribution in [3.05, 3.63) is 29.6 Å². The standard InChI is InChI=1S/C11H12FNO2/c1-2-13-9-4-3-8(12)5-7(9)6-10(13)11(14)15/h3-5,10H,2,6H2,1H3,(H,14,15). The number of halogens is 1. The van der Waals surface area contributed by atoms with E-state index in [9.17, 15) is 9.18 Å². The van der Waals surface area contributed by atoms with Crippen LogP contribution < -0.4 is 4.90 Å². The maximum atomic E-state index is 13.0. The molecular weight excluding hydrogens is 197 g/mol. The SMILES string of the molecule is CCN1c2ccc(F)cc2CC1C(=O)O. The zero-order chi connectivity index (χ0) is 11.0. The van der Waals surface area contributed by atoms with Gasteiger partial charge in [-0.2, -0.15) is 0 Å². The molecule has 0 amide bonds. The molecule has 4 heteroatoms. The van der Waals surface area contributed by atoms with Gasteiger partial charge in [0.1, 0.15) is 11.9 Å². The summed E-state index contributed by atoms with van der Waals surface area (Å²) in [5.41, 5.74) is 1.62. The van der Waals surface area contributed by atoms with Crippen molar-refractivity contribution < 1.29 is 14.3 Å². The van der Waals surface area contributed by atoms with E-state index in [0.717, 1.165) is 11.3 Å². The summed E-state index contributed by atoms with van der Waals surface area (Å²) in [7, 11) is 0. The van der Waals surface area contributed by atoms with Gasteiger partial charge in [0.15, 0.2) is 0 Å². The quantitative estimate of drug-likeness (QED) is 0.805. The van der Waals surface area contributed by atoms with E-state index in [-0.39, 0.29) is 5.82 Å². The molecule has 1 atom stereocenters. The van der Waals surface area contributed by atoms with Crippen LogP contribution >= 0.6 is 0 Å². The second kappa shape index (κ2) is 3.53. The van der Waals surface area contributed by atoms with E-state index in [1.54, 1.807) is 11.0 Å². The highest BCUT2D eigenvalue weighted by Gasteiger charge is 2.33. The molecule has 0 saturated heterocycles. The van der Waals surface area contributed by atoms with Crippen LogP contribution in [0.25, 0.3) is 0 Å². The Balaban J connectivity index is 2.41. The Labute approximate surface area is 87.1 Å². The van der Waals surface area contributed by atoms with Crippen molar-refractivity contribution in [1.82, 2.24) is 0 Å². The third kappa shape index (κ3) is 1.56. The number of benzene rings is 1. The maximum absolute atomic E-state index is 13.0. The summed E-state index contributed by atoms with van der Waals surface area (Å²) in [6.45, 7) is 2.52. The van der Waals surface area contributed by atoms with E-state index < -0.39 is 12.0 Å². The van der Waals surface area contributed by atoms with Gasteiger partial charge in [-0.3, -0.25) is 0 Å². The summed E-state index contributed by atoms with van der Waals surface area (Å²) in [6.07, 6.45) is 0.385. The molecule has 3 nitrogen and oxygen atoms in total. The van der Waals surface area contributed by atoms with E-state index in [1.165, 1.54) is 12.1 Å². The van der Waals surface area contributed by atoms with Gasteiger partial charge in [0.25, 0.3) is 0 Å². The lowest BCUT2D eigenvalue weighted by atomic mass is 10.1. The van der Waals surface area contributed by atoms with Crippen molar-refractivity contribution in [3.63, 3.8) is 0 Å². The van der Waals surface area contributed by atoms with Gasteiger partial charge in [0.05, 0.1) is 0 Å². The van der Waals surface area contributed by atoms with Crippen LogP contribution in [0.1, 0.15) is 12.5 Å². The van der Waals surface area contributed by atoms with Gasteiger partial charge >= 0.3 is 5.97 Å². The highest BCUT2D eigenvalue weighted by molar-refractivity contribution is 5.82. The summed E-state index contributed by atoms with van der Waals surface area (Å²) in [5.74, 6) is -1.16. The van der Waals surface area contributed by atoms with Crippen LogP contribution in [0.5, 0.6) is 0 Å². The number of fused-ring (bicyclic) bond motifs is 1. The van der Waals surface area contributed by atoms with Gasteiger partial charge in [-0.15, -0.1) is 0 Å². The smallest absolute Gasteiger partial charge is 0.326 e. The molecule has 80 valence electrons. The fraction of sp³-hybridized carbons (Fsp3) is 0.364. The Bertz CT molecular complexity index is 406. The van der Waals surface area contributed by atoms with Gasteiger partial charge < -0.3 is 10.0 Å². The average Bonchev–Trinajstić information content (AvgIpc) is 2.55. The number of aliphatic carboxylic acids is 1. The van der Waals surface area contributed by atoms with Crippen molar-refractivity contribution in [3.8, 4) is 0 Å². The number of likely N-dealkylation sites (N-methyl/N-ethyl adjacent to an activating group) is 1. The fourth-order valence-electron chi connectivity index (χ4n) is 2.10. The van der Waals surface area contributed by atoms with Gasteiger partial charge in [0, 0.05) is 18.7 Å². The first-order valence-corrected chi connectivity index (χ1v) is 4.91. The van der Waals surface area contributed by atoms with E-state index >= 15 is 0 Å². The highest BCUT2D eigenvalue weighted by Crippen LogP contribution is 2.32. The molecule has 1 aliphatic rings. The van der Waals surface area contributed by atoms with Crippen molar-refractivity contribution in [1.29, 1.82) is 0 Å². The lowest BCUT2D eigenvalue weighted by molar-refractivity contribution is -0.138. The molecule has 1 aliphatic heterocycles. The Kier molecular flexibility index (Phi) is 2.34. The molecule has 0 bridgehead atoms. The average molecular weight is 209 g/mol. The van der Waals surface area contributed by atoms with E-state index in [4.69, 9.17) is 5.11 Å². The summed E-state index contributed by atoms with van der Waals surface area (Å²) in [4.78, 5) is 12.8. The third-order valence-corrected chi connectivity index (χ3v) is 2.77. The maximum Gasteiger partial charge on any atom is 0.326 e. The number of rotatable bonds is 2. The molecule has 1 unspecified atom stereocenters. The molecule has 1 aromatic rings. The molecule has 0 fully saturated rings. The molecule has 2 rings (SSSR count).